The van der Waals surface area contributed by atoms with E-state index in [0.717, 1.165) is 128 Å². The van der Waals surface area contributed by atoms with Crippen LogP contribution in [0.25, 0.3) is 116 Å². The third kappa shape index (κ3) is 6.27. The molecule has 1 aliphatic heterocycles. The molecule has 1 spiro atoms. The van der Waals surface area contributed by atoms with Crippen LogP contribution in [0.3, 0.4) is 0 Å². The minimum Gasteiger partial charge on any atom is -0.457 e. The molecule has 0 saturated heterocycles. The molecular formula is C73H41N7O. The first-order valence-electron chi connectivity index (χ1n) is 27.1. The number of hydrogen-bond acceptors (Lipinski definition) is 5. The molecule has 2 aliphatic rings. The number of para-hydroxylation sites is 3. The van der Waals surface area contributed by atoms with Crippen molar-refractivity contribution in [2.75, 3.05) is 0 Å². The monoisotopic (exact) mass is 1030 g/mol. The van der Waals surface area contributed by atoms with Crippen LogP contribution in [0.15, 0.2) is 249 Å². The summed E-state index contributed by atoms with van der Waals surface area (Å²) >= 11 is 0. The molecule has 0 unspecified atom stereocenters. The Balaban J connectivity index is 0.814. The van der Waals surface area contributed by atoms with E-state index in [2.05, 4.69) is 214 Å². The van der Waals surface area contributed by atoms with E-state index < -0.39 is 5.41 Å². The van der Waals surface area contributed by atoms with Gasteiger partial charge in [0.2, 0.25) is 0 Å². The van der Waals surface area contributed by atoms with Crippen molar-refractivity contribution in [3.8, 4) is 74.3 Å². The summed E-state index contributed by atoms with van der Waals surface area (Å²) in [5, 5.41) is 26.8. The highest BCUT2D eigenvalue weighted by atomic mass is 16.5. The van der Waals surface area contributed by atoms with E-state index in [9.17, 15) is 10.5 Å². The maximum atomic E-state index is 10.2. The van der Waals surface area contributed by atoms with Crippen LogP contribution in [-0.4, -0.2) is 23.7 Å². The maximum Gasteiger partial charge on any atom is 0.132 e. The molecule has 10 aromatic carbocycles. The maximum absolute atomic E-state index is 10.2. The number of benzene rings is 10. The van der Waals surface area contributed by atoms with Crippen LogP contribution in [0.5, 0.6) is 11.5 Å². The zero-order valence-electron chi connectivity index (χ0n) is 43.2. The molecule has 17 rings (SSSR count). The number of ether oxygens (including phenoxy) is 1. The van der Waals surface area contributed by atoms with Crippen molar-refractivity contribution >= 4 is 65.4 Å². The lowest BCUT2D eigenvalue weighted by Gasteiger charge is -2.39. The van der Waals surface area contributed by atoms with Gasteiger partial charge in [0.15, 0.2) is 0 Å². The number of nitrogens with zero attached hydrogens (tertiary/aromatic N) is 7. The van der Waals surface area contributed by atoms with Gasteiger partial charge in [0.25, 0.3) is 0 Å². The fraction of sp³-hybridized carbons (Fsp3) is 0.0137. The molecule has 0 radical (unpaired) electrons. The number of hydrogen-bond donors (Lipinski definition) is 0. The van der Waals surface area contributed by atoms with Crippen LogP contribution in [-0.2, 0) is 5.41 Å². The average Bonchev–Trinajstić information content (AvgIpc) is 3.31. The third-order valence-corrected chi connectivity index (χ3v) is 17.1. The van der Waals surface area contributed by atoms with Crippen LogP contribution in [0.1, 0.15) is 33.4 Å². The van der Waals surface area contributed by atoms with Crippen LogP contribution >= 0.6 is 0 Å². The zero-order valence-corrected chi connectivity index (χ0v) is 43.2. The molecule has 8 heteroatoms. The van der Waals surface area contributed by atoms with Crippen LogP contribution in [0, 0.1) is 22.7 Å². The lowest BCUT2D eigenvalue weighted by Crippen LogP contribution is -2.32. The first kappa shape index (κ1) is 44.8. The van der Waals surface area contributed by atoms with Gasteiger partial charge in [-0.3, -0.25) is 9.97 Å². The Morgan fingerprint density at radius 1 is 0.321 bits per heavy atom. The number of fused-ring (bicyclic) bond motifs is 18. The van der Waals surface area contributed by atoms with Gasteiger partial charge >= 0.3 is 0 Å². The Kier molecular flexibility index (Phi) is 9.31. The smallest absolute Gasteiger partial charge is 0.132 e. The van der Waals surface area contributed by atoms with Gasteiger partial charge < -0.3 is 18.4 Å². The number of aromatic nitrogens is 5. The molecule has 0 N–H and O–H groups in total. The first-order valence-corrected chi connectivity index (χ1v) is 27.1. The second kappa shape index (κ2) is 16.8. The van der Waals surface area contributed by atoms with Crippen molar-refractivity contribution in [2.24, 2.45) is 0 Å². The number of nitriles is 2. The van der Waals surface area contributed by atoms with E-state index >= 15 is 0 Å². The summed E-state index contributed by atoms with van der Waals surface area (Å²) in [6.45, 7) is 0. The highest BCUT2D eigenvalue weighted by molar-refractivity contribution is 6.13. The Hall–Kier alpha value is -11.3. The molecule has 5 aromatic heterocycles. The van der Waals surface area contributed by atoms with Crippen molar-refractivity contribution in [3.05, 3.63) is 282 Å². The molecular weight excluding hydrogens is 991 g/mol. The Morgan fingerprint density at radius 3 is 1.17 bits per heavy atom. The summed E-state index contributed by atoms with van der Waals surface area (Å²) in [5.74, 6) is 1.49. The molecule has 15 aromatic rings. The second-order valence-corrected chi connectivity index (χ2v) is 21.1. The van der Waals surface area contributed by atoms with Gasteiger partial charge in [-0.05, 0) is 167 Å². The van der Waals surface area contributed by atoms with Gasteiger partial charge in [-0.25, -0.2) is 0 Å². The highest BCUT2D eigenvalue weighted by Crippen LogP contribution is 2.62. The predicted octanol–water partition coefficient (Wildman–Crippen LogP) is 17.3. The molecule has 0 bridgehead atoms. The van der Waals surface area contributed by atoms with E-state index in [4.69, 9.17) is 14.7 Å². The summed E-state index contributed by atoms with van der Waals surface area (Å²) in [4.78, 5) is 9.99. The van der Waals surface area contributed by atoms with Crippen molar-refractivity contribution in [1.82, 2.24) is 23.7 Å². The molecule has 1 aliphatic carbocycles. The fourth-order valence-corrected chi connectivity index (χ4v) is 13.6. The Morgan fingerprint density at radius 2 is 0.704 bits per heavy atom. The molecule has 6 heterocycles. The third-order valence-electron chi connectivity index (χ3n) is 17.1. The SMILES string of the molecule is N#Cc1ccc2c(c1)c1cc(-c3ccc4c(c3)Oc3cc(-c5ccc6c(c5)c5cc(C#N)ccc5n6-c5ccc(-n6c7ccccc7c7ccccc76)cc5)ccc3C43c4cccnc4-c4ncccc43)ccc1n2-c1ccccc1. The van der Waals surface area contributed by atoms with Gasteiger partial charge in [-0.2, -0.15) is 10.5 Å². The normalized spacial score (nSPS) is 12.9. The molecule has 374 valence electrons. The quantitative estimate of drug-likeness (QED) is 0.171. The summed E-state index contributed by atoms with van der Waals surface area (Å²) < 4.78 is 14.2. The first-order chi connectivity index (χ1) is 40.0. The van der Waals surface area contributed by atoms with E-state index in [-0.39, 0.29) is 0 Å². The van der Waals surface area contributed by atoms with Gasteiger partial charge in [0, 0.05) is 72.9 Å². The van der Waals surface area contributed by atoms with Crippen molar-refractivity contribution in [2.45, 2.75) is 5.41 Å². The Labute approximate surface area is 464 Å². The lowest BCUT2D eigenvalue weighted by atomic mass is 9.66. The van der Waals surface area contributed by atoms with Crippen LogP contribution in [0.4, 0.5) is 0 Å². The summed E-state index contributed by atoms with van der Waals surface area (Å²) in [5.41, 5.74) is 20.0. The van der Waals surface area contributed by atoms with E-state index in [1.807, 2.05) is 60.9 Å². The van der Waals surface area contributed by atoms with E-state index in [1.165, 1.54) is 21.8 Å². The van der Waals surface area contributed by atoms with Gasteiger partial charge in [0.05, 0.1) is 73.2 Å². The van der Waals surface area contributed by atoms with E-state index in [1.54, 1.807) is 0 Å². The number of pyridine rings is 2. The van der Waals surface area contributed by atoms with Crippen molar-refractivity contribution in [1.29, 1.82) is 10.5 Å². The molecule has 0 saturated carbocycles. The predicted molar refractivity (Wildman–Crippen MR) is 323 cm³/mol. The average molecular weight is 1030 g/mol. The highest BCUT2D eigenvalue weighted by Gasteiger charge is 2.52. The van der Waals surface area contributed by atoms with E-state index in [0.29, 0.717) is 11.1 Å². The summed E-state index contributed by atoms with van der Waals surface area (Å²) in [6.07, 6.45) is 3.70. The van der Waals surface area contributed by atoms with Gasteiger partial charge in [-0.1, -0.05) is 103 Å². The fourth-order valence-electron chi connectivity index (χ4n) is 13.6. The van der Waals surface area contributed by atoms with Gasteiger partial charge in [0.1, 0.15) is 11.5 Å². The minimum absolute atomic E-state index is 0.604. The topological polar surface area (TPSA) is 97.4 Å². The second-order valence-electron chi connectivity index (χ2n) is 21.1. The molecule has 0 fully saturated rings. The lowest BCUT2D eigenvalue weighted by molar-refractivity contribution is 0.436. The van der Waals surface area contributed by atoms with Crippen LogP contribution in [0.2, 0.25) is 0 Å². The molecule has 0 amide bonds. The minimum atomic E-state index is -0.782. The Bertz CT molecular complexity index is 5200. The zero-order chi connectivity index (χ0) is 53.5. The van der Waals surface area contributed by atoms with Crippen molar-refractivity contribution in [3.63, 3.8) is 0 Å². The largest absolute Gasteiger partial charge is 0.457 e. The molecule has 0 atom stereocenters. The molecule has 81 heavy (non-hydrogen) atoms. The number of rotatable bonds is 5. The van der Waals surface area contributed by atoms with Crippen LogP contribution < -0.4 is 4.74 Å². The van der Waals surface area contributed by atoms with Gasteiger partial charge in [-0.15, -0.1) is 0 Å². The standard InChI is InChI=1S/C73H41N7O/c74-42-44-18-30-65-55(36-44)57-38-46(22-32-67(57)78(65)50-10-2-1-3-11-50)48-20-28-59-69(40-48)81-70-41-49(21-29-60(70)73(59)61-14-8-34-76-71(61)72-62(73)15-9-35-77-72)47-23-33-68-58(39-47)56-37-45(43-75)19-31-66(56)80(68)52-26-24-51(25-27-52)79-63-16-6-4-12-53(63)54-13-5-7-17-64(54)79/h1-41H. The summed E-state index contributed by atoms with van der Waals surface area (Å²) in [6, 6.07) is 87.9. The molecule has 8 nitrogen and oxygen atoms in total. The van der Waals surface area contributed by atoms with Crippen molar-refractivity contribution < 1.29 is 4.74 Å². The summed E-state index contributed by atoms with van der Waals surface area (Å²) in [7, 11) is 0.